The van der Waals surface area contributed by atoms with Crippen LogP contribution < -0.4 is 19.5 Å². The van der Waals surface area contributed by atoms with Crippen LogP contribution in [-0.4, -0.2) is 82.2 Å². The summed E-state index contributed by atoms with van der Waals surface area (Å²) in [6.45, 7) is 8.93. The van der Waals surface area contributed by atoms with E-state index in [9.17, 15) is 9.18 Å². The van der Waals surface area contributed by atoms with Crippen LogP contribution in [0, 0.1) is 17.7 Å². The first kappa shape index (κ1) is 38.3. The molecule has 292 valence electrons. The number of ether oxygens (including phenoxy) is 7. The van der Waals surface area contributed by atoms with E-state index in [1.54, 1.807) is 18.2 Å². The van der Waals surface area contributed by atoms with Gasteiger partial charge in [-0.1, -0.05) is 38.1 Å². The van der Waals surface area contributed by atoms with Crippen LogP contribution in [0.25, 0.3) is 0 Å². The Bertz CT molecular complexity index is 1890. The van der Waals surface area contributed by atoms with Crippen molar-refractivity contribution in [2.24, 2.45) is 11.8 Å². The highest BCUT2D eigenvalue weighted by Gasteiger charge is 2.49. The molecule has 12 nitrogen and oxygen atoms in total. The van der Waals surface area contributed by atoms with E-state index in [2.05, 4.69) is 5.32 Å². The van der Waals surface area contributed by atoms with E-state index in [0.29, 0.717) is 48.9 Å². The van der Waals surface area contributed by atoms with E-state index in [1.165, 1.54) is 18.2 Å². The van der Waals surface area contributed by atoms with Crippen LogP contribution in [0.2, 0.25) is 0 Å². The summed E-state index contributed by atoms with van der Waals surface area (Å²) in [5, 5.41) is 3.41. The maximum Gasteiger partial charge on any atom is 0.424 e. The zero-order valence-electron chi connectivity index (χ0n) is 31.1. The minimum absolute atomic E-state index is 0.0308. The van der Waals surface area contributed by atoms with Crippen LogP contribution in [0.1, 0.15) is 57.2 Å². The molecular formula is C40H49FN2O10S. The molecule has 4 aliphatic heterocycles. The van der Waals surface area contributed by atoms with Gasteiger partial charge in [0.1, 0.15) is 23.4 Å². The number of aryl methyl sites for hydroxylation is 1. The summed E-state index contributed by atoms with van der Waals surface area (Å²) in [7, 11) is -4.58. The maximum atomic E-state index is 15.0. The topological polar surface area (TPSA) is 131 Å². The Kier molecular flexibility index (Phi) is 11.4. The third kappa shape index (κ3) is 8.63. The first-order chi connectivity index (χ1) is 25.9. The minimum atomic E-state index is -4.58. The molecule has 3 aromatic carbocycles. The van der Waals surface area contributed by atoms with Crippen LogP contribution in [-0.2, 0) is 48.2 Å². The molecule has 0 aromatic heterocycles. The summed E-state index contributed by atoms with van der Waals surface area (Å²) in [5.41, 5.74) is 1.71. The molecule has 1 amide bonds. The third-order valence-electron chi connectivity index (χ3n) is 10.2. The number of nitrogens with zero attached hydrogens (tertiary/aromatic N) is 1. The van der Waals surface area contributed by atoms with Crippen molar-refractivity contribution < 1.29 is 50.8 Å². The summed E-state index contributed by atoms with van der Waals surface area (Å²) in [6.07, 6.45) is 0.631. The summed E-state index contributed by atoms with van der Waals surface area (Å²) in [5.74, 6) is 1.19. The minimum Gasteiger partial charge on any atom is -0.494 e. The van der Waals surface area contributed by atoms with Crippen molar-refractivity contribution >= 4 is 16.1 Å². The number of hydrogen-bond acceptors (Lipinski definition) is 11. The molecule has 14 heteroatoms. The van der Waals surface area contributed by atoms with Crippen LogP contribution >= 0.6 is 0 Å². The summed E-state index contributed by atoms with van der Waals surface area (Å²) >= 11 is 0. The van der Waals surface area contributed by atoms with E-state index in [4.69, 9.17) is 33.2 Å². The number of amides is 1. The smallest absolute Gasteiger partial charge is 0.424 e. The monoisotopic (exact) mass is 768 g/mol. The fourth-order valence-electron chi connectivity index (χ4n) is 7.55. The molecule has 0 aliphatic carbocycles. The number of carbonyl (C=O) groups is 1. The lowest BCUT2D eigenvalue weighted by Gasteiger charge is -2.35. The molecule has 54 heavy (non-hydrogen) atoms. The van der Waals surface area contributed by atoms with Crippen molar-refractivity contribution in [1.82, 2.24) is 9.62 Å². The Balaban J connectivity index is 1.18. The van der Waals surface area contributed by atoms with Gasteiger partial charge in [0.15, 0.2) is 17.8 Å². The Hall–Kier alpha value is -3.95. The number of rotatable bonds is 14. The first-order valence-corrected chi connectivity index (χ1v) is 20.1. The van der Waals surface area contributed by atoms with Gasteiger partial charge in [0.05, 0.1) is 49.3 Å². The predicted octanol–water partition coefficient (Wildman–Crippen LogP) is 5.99. The number of carbonyl (C=O) groups excluding carboxylic acids is 1. The summed E-state index contributed by atoms with van der Waals surface area (Å²) in [6, 6.07) is 15.3. The van der Waals surface area contributed by atoms with E-state index in [0.717, 1.165) is 28.3 Å². The standard InChI is InChI=1S/C40H49FN2O10S/c1-25(2)18-28-20-31(21-35-37(28)51-24-50-35)54(45,46)43(39(44)53-36-23-49-38-32(36)15-17-48-38)34(33-22-52-40(3,4)42-33)19-27-9-13-30(14-10-27)47-16-5-6-26-7-11-29(41)12-8-26/h7-14,20-21,25,32-34,36,38,42H,5-6,15-19,22-24H2,1-4H3/t32-,33+,34?,36-,38+/m0/s1. The summed E-state index contributed by atoms with van der Waals surface area (Å²) in [4.78, 5) is 14.4. The molecule has 0 spiro atoms. The van der Waals surface area contributed by atoms with Gasteiger partial charge >= 0.3 is 6.09 Å². The Morgan fingerprint density at radius 1 is 1.00 bits per heavy atom. The maximum absolute atomic E-state index is 15.0. The Labute approximate surface area is 316 Å². The van der Waals surface area contributed by atoms with Gasteiger partial charge in [0.2, 0.25) is 6.79 Å². The molecular weight excluding hydrogens is 720 g/mol. The molecule has 5 atom stereocenters. The number of benzene rings is 3. The van der Waals surface area contributed by atoms with Gasteiger partial charge in [-0.3, -0.25) is 5.32 Å². The van der Waals surface area contributed by atoms with Crippen LogP contribution in [0.4, 0.5) is 9.18 Å². The lowest BCUT2D eigenvalue weighted by Crippen LogP contribution is -2.57. The van der Waals surface area contributed by atoms with Crippen LogP contribution in [0.3, 0.4) is 0 Å². The number of fused-ring (bicyclic) bond motifs is 2. The number of nitrogens with one attached hydrogen (secondary N) is 1. The molecule has 4 aliphatic rings. The average molecular weight is 769 g/mol. The predicted molar refractivity (Wildman–Crippen MR) is 195 cm³/mol. The highest BCUT2D eigenvalue weighted by Crippen LogP contribution is 2.41. The second kappa shape index (κ2) is 16.0. The SMILES string of the molecule is CC(C)Cc1cc(S(=O)(=O)N(C(=O)O[C@H]2CO[C@H]3OCC[C@H]32)C(Cc2ccc(OCCCc3ccc(F)cc3)cc2)[C@H]2COC(C)(C)N2)cc2c1OCO2. The average Bonchev–Trinajstić information content (AvgIpc) is 3.94. The van der Waals surface area contributed by atoms with Gasteiger partial charge in [-0.15, -0.1) is 0 Å². The number of halogens is 1. The normalized spacial score (nSPS) is 23.4. The fraction of sp³-hybridized carbons (Fsp3) is 0.525. The largest absolute Gasteiger partial charge is 0.494 e. The van der Waals surface area contributed by atoms with Crippen molar-refractivity contribution in [2.45, 2.75) is 94.9 Å². The second-order valence-electron chi connectivity index (χ2n) is 15.2. The molecule has 4 heterocycles. The number of sulfonamides is 1. The molecule has 3 aromatic rings. The zero-order chi connectivity index (χ0) is 38.0. The lowest BCUT2D eigenvalue weighted by atomic mass is 9.99. The van der Waals surface area contributed by atoms with Gasteiger partial charge < -0.3 is 33.2 Å². The molecule has 0 radical (unpaired) electrons. The van der Waals surface area contributed by atoms with E-state index in [1.807, 2.05) is 52.0 Å². The van der Waals surface area contributed by atoms with Crippen molar-refractivity contribution in [3.05, 3.63) is 83.2 Å². The van der Waals surface area contributed by atoms with E-state index >= 15 is 8.42 Å². The lowest BCUT2D eigenvalue weighted by molar-refractivity contribution is -0.0907. The van der Waals surface area contributed by atoms with E-state index in [-0.39, 0.29) is 49.0 Å². The molecule has 3 fully saturated rings. The van der Waals surface area contributed by atoms with E-state index < -0.39 is 46.3 Å². The molecule has 0 bridgehead atoms. The second-order valence-corrected chi connectivity index (χ2v) is 17.0. The van der Waals surface area contributed by atoms with Gasteiger partial charge in [0, 0.05) is 6.07 Å². The highest BCUT2D eigenvalue weighted by atomic mass is 32.2. The fourth-order valence-corrected chi connectivity index (χ4v) is 9.15. The molecule has 3 saturated heterocycles. The Morgan fingerprint density at radius 2 is 1.76 bits per heavy atom. The Morgan fingerprint density at radius 3 is 2.48 bits per heavy atom. The number of hydrogen-bond donors (Lipinski definition) is 1. The molecule has 0 saturated carbocycles. The highest BCUT2D eigenvalue weighted by molar-refractivity contribution is 7.89. The quantitative estimate of drug-likeness (QED) is 0.194. The molecule has 7 rings (SSSR count). The van der Waals surface area contributed by atoms with Crippen molar-refractivity contribution in [2.75, 3.05) is 33.2 Å². The third-order valence-corrected chi connectivity index (χ3v) is 12.0. The zero-order valence-corrected chi connectivity index (χ0v) is 31.9. The van der Waals surface area contributed by atoms with Crippen molar-refractivity contribution in [3.8, 4) is 17.2 Å². The van der Waals surface area contributed by atoms with Crippen LogP contribution in [0.5, 0.6) is 17.2 Å². The molecule has 1 N–H and O–H groups in total. The van der Waals surface area contributed by atoms with Gasteiger partial charge in [-0.05, 0) is 98.9 Å². The van der Waals surface area contributed by atoms with Gasteiger partial charge in [-0.25, -0.2) is 17.6 Å². The van der Waals surface area contributed by atoms with Crippen molar-refractivity contribution in [3.63, 3.8) is 0 Å². The van der Waals surface area contributed by atoms with Crippen molar-refractivity contribution in [1.29, 1.82) is 0 Å². The van der Waals surface area contributed by atoms with Crippen LogP contribution in [0.15, 0.2) is 65.6 Å². The van der Waals surface area contributed by atoms with Gasteiger partial charge in [0.25, 0.3) is 10.0 Å². The molecule has 1 unspecified atom stereocenters. The van der Waals surface area contributed by atoms with Gasteiger partial charge in [-0.2, -0.15) is 4.31 Å². The first-order valence-electron chi connectivity index (χ1n) is 18.6. The summed E-state index contributed by atoms with van der Waals surface area (Å²) < 4.78 is 85.2.